The van der Waals surface area contributed by atoms with Crippen LogP contribution in [0.1, 0.15) is 25.7 Å². The third kappa shape index (κ3) is 4.55. The summed E-state index contributed by atoms with van der Waals surface area (Å²) in [4.78, 5) is 16.6. The normalized spacial score (nSPS) is 24.7. The number of amides is 1. The number of hydrogen-bond acceptors (Lipinski definition) is 4. The lowest BCUT2D eigenvalue weighted by Crippen LogP contribution is -2.54. The van der Waals surface area contributed by atoms with Crippen molar-refractivity contribution in [3.63, 3.8) is 0 Å². The number of carbonyl (C=O) groups excluding carboxylic acids is 1. The molecule has 0 spiro atoms. The first-order valence-electron chi connectivity index (χ1n) is 8.16. The van der Waals surface area contributed by atoms with E-state index in [1.165, 1.54) is 25.9 Å². The first-order chi connectivity index (χ1) is 9.83. The van der Waals surface area contributed by atoms with E-state index in [9.17, 15) is 4.79 Å². The van der Waals surface area contributed by atoms with Crippen molar-refractivity contribution < 1.29 is 9.53 Å². The van der Waals surface area contributed by atoms with Gasteiger partial charge in [-0.15, -0.1) is 12.4 Å². The molecule has 122 valence electrons. The summed E-state index contributed by atoms with van der Waals surface area (Å²) < 4.78 is 5.98. The molecule has 3 aliphatic heterocycles. The number of ether oxygens (including phenoxy) is 1. The highest BCUT2D eigenvalue weighted by Crippen LogP contribution is 2.17. The molecule has 3 saturated heterocycles. The summed E-state index contributed by atoms with van der Waals surface area (Å²) >= 11 is 0. The molecule has 6 heteroatoms. The van der Waals surface area contributed by atoms with Gasteiger partial charge in [-0.3, -0.25) is 4.79 Å². The minimum absolute atomic E-state index is 0. The Kier molecular flexibility index (Phi) is 6.74. The van der Waals surface area contributed by atoms with Gasteiger partial charge in [0.1, 0.15) is 0 Å². The first kappa shape index (κ1) is 17.0. The van der Waals surface area contributed by atoms with E-state index >= 15 is 0 Å². The smallest absolute Gasteiger partial charge is 0.228 e. The first-order valence-corrected chi connectivity index (χ1v) is 8.16. The van der Waals surface area contributed by atoms with Crippen LogP contribution >= 0.6 is 12.4 Å². The Hall–Kier alpha value is -0.360. The van der Waals surface area contributed by atoms with Crippen molar-refractivity contribution in [2.75, 3.05) is 52.4 Å². The number of nitrogens with one attached hydrogen (secondary N) is 1. The molecular formula is C15H28ClN3O2. The number of nitrogens with zero attached hydrogens (tertiary/aromatic N) is 2. The van der Waals surface area contributed by atoms with E-state index in [2.05, 4.69) is 10.2 Å². The molecule has 0 radical (unpaired) electrons. The highest BCUT2D eigenvalue weighted by molar-refractivity contribution is 5.85. The topological polar surface area (TPSA) is 44.8 Å². The predicted molar refractivity (Wildman–Crippen MR) is 84.8 cm³/mol. The molecule has 0 saturated carbocycles. The number of piperidine rings is 1. The van der Waals surface area contributed by atoms with Crippen LogP contribution in [-0.4, -0.2) is 74.2 Å². The third-order valence-electron chi connectivity index (χ3n) is 4.84. The van der Waals surface area contributed by atoms with Crippen molar-refractivity contribution >= 4 is 18.3 Å². The fourth-order valence-corrected chi connectivity index (χ4v) is 3.32. The van der Waals surface area contributed by atoms with Crippen LogP contribution in [0.2, 0.25) is 0 Å². The van der Waals surface area contributed by atoms with E-state index in [-0.39, 0.29) is 18.3 Å². The largest absolute Gasteiger partial charge is 0.377 e. The van der Waals surface area contributed by atoms with Gasteiger partial charge in [-0.05, 0) is 38.8 Å². The van der Waals surface area contributed by atoms with Crippen LogP contribution in [0.15, 0.2) is 0 Å². The van der Waals surface area contributed by atoms with Crippen molar-refractivity contribution in [2.24, 2.45) is 5.92 Å². The highest BCUT2D eigenvalue weighted by Gasteiger charge is 2.31. The molecule has 3 aliphatic rings. The van der Waals surface area contributed by atoms with Crippen LogP contribution in [0.4, 0.5) is 0 Å². The van der Waals surface area contributed by atoms with E-state index in [0.29, 0.717) is 12.0 Å². The third-order valence-corrected chi connectivity index (χ3v) is 4.84. The Morgan fingerprint density at radius 3 is 2.33 bits per heavy atom. The van der Waals surface area contributed by atoms with Gasteiger partial charge >= 0.3 is 0 Å². The maximum atomic E-state index is 12.1. The molecule has 0 aromatic rings. The summed E-state index contributed by atoms with van der Waals surface area (Å²) in [5, 5.41) is 3.17. The van der Waals surface area contributed by atoms with Crippen molar-refractivity contribution in [1.82, 2.24) is 15.1 Å². The number of halogens is 1. The molecular weight excluding hydrogens is 290 g/mol. The summed E-state index contributed by atoms with van der Waals surface area (Å²) in [6.45, 7) is 7.90. The molecule has 21 heavy (non-hydrogen) atoms. The van der Waals surface area contributed by atoms with Gasteiger partial charge < -0.3 is 19.9 Å². The van der Waals surface area contributed by atoms with Crippen molar-refractivity contribution in [2.45, 2.75) is 31.8 Å². The Labute approximate surface area is 133 Å². The second-order valence-corrected chi connectivity index (χ2v) is 6.30. The van der Waals surface area contributed by atoms with Gasteiger partial charge in [0.05, 0.1) is 18.6 Å². The highest BCUT2D eigenvalue weighted by atomic mass is 35.5. The van der Waals surface area contributed by atoms with Gasteiger partial charge in [-0.25, -0.2) is 0 Å². The summed E-state index contributed by atoms with van der Waals surface area (Å²) in [6, 6.07) is 0. The van der Waals surface area contributed by atoms with E-state index in [1.54, 1.807) is 0 Å². The number of likely N-dealkylation sites (tertiary alicyclic amines) is 2. The van der Waals surface area contributed by atoms with Crippen LogP contribution in [0.3, 0.4) is 0 Å². The lowest BCUT2D eigenvalue weighted by Gasteiger charge is -2.37. The zero-order chi connectivity index (χ0) is 13.8. The van der Waals surface area contributed by atoms with Gasteiger partial charge in [0, 0.05) is 32.7 Å². The summed E-state index contributed by atoms with van der Waals surface area (Å²) in [5.41, 5.74) is 0. The minimum Gasteiger partial charge on any atom is -0.377 e. The Morgan fingerprint density at radius 2 is 1.76 bits per heavy atom. The minimum atomic E-state index is 0. The molecule has 1 N–H and O–H groups in total. The zero-order valence-corrected chi connectivity index (χ0v) is 13.6. The van der Waals surface area contributed by atoms with Crippen LogP contribution in [-0.2, 0) is 9.53 Å². The Morgan fingerprint density at radius 1 is 1.10 bits per heavy atom. The maximum Gasteiger partial charge on any atom is 0.228 e. The molecule has 0 aromatic carbocycles. The van der Waals surface area contributed by atoms with Gasteiger partial charge in [0.2, 0.25) is 5.91 Å². The number of rotatable bonds is 5. The number of carbonyl (C=O) groups is 1. The fraction of sp³-hybridized carbons (Fsp3) is 0.933. The van der Waals surface area contributed by atoms with Gasteiger partial charge in [0.15, 0.2) is 0 Å². The molecule has 0 aromatic heterocycles. The number of hydrogen-bond donors (Lipinski definition) is 1. The second-order valence-electron chi connectivity index (χ2n) is 6.30. The lowest BCUT2D eigenvalue weighted by atomic mass is 9.99. The van der Waals surface area contributed by atoms with Crippen LogP contribution in [0.5, 0.6) is 0 Å². The second kappa shape index (κ2) is 8.32. The average Bonchev–Trinajstić information content (AvgIpc) is 2.91. The summed E-state index contributed by atoms with van der Waals surface area (Å²) in [6.07, 6.45) is 5.06. The quantitative estimate of drug-likeness (QED) is 0.812. The maximum absolute atomic E-state index is 12.1. The monoisotopic (exact) mass is 317 g/mol. The van der Waals surface area contributed by atoms with Gasteiger partial charge in [-0.1, -0.05) is 0 Å². The van der Waals surface area contributed by atoms with Gasteiger partial charge in [0.25, 0.3) is 0 Å². The van der Waals surface area contributed by atoms with Crippen molar-refractivity contribution in [3.05, 3.63) is 0 Å². The van der Waals surface area contributed by atoms with E-state index in [1.807, 2.05) is 4.90 Å². The molecule has 3 fully saturated rings. The zero-order valence-electron chi connectivity index (χ0n) is 12.8. The van der Waals surface area contributed by atoms with Crippen LogP contribution < -0.4 is 5.32 Å². The summed E-state index contributed by atoms with van der Waals surface area (Å²) in [5.74, 6) is 0.585. The molecule has 0 unspecified atom stereocenters. The Bertz CT molecular complexity index is 325. The van der Waals surface area contributed by atoms with Crippen LogP contribution in [0.25, 0.3) is 0 Å². The predicted octanol–water partition coefficient (Wildman–Crippen LogP) is 0.731. The van der Waals surface area contributed by atoms with Crippen LogP contribution in [0, 0.1) is 5.92 Å². The summed E-state index contributed by atoms with van der Waals surface area (Å²) in [7, 11) is 0. The molecule has 0 atom stereocenters. The molecule has 5 nitrogen and oxygen atoms in total. The molecule has 0 aliphatic carbocycles. The molecule has 1 amide bonds. The SMILES string of the molecule is Cl.O=C(C1CNC1)N1CCC(OCCN2CCCC2)CC1. The van der Waals surface area contributed by atoms with Crippen molar-refractivity contribution in [3.8, 4) is 0 Å². The standard InChI is InChI=1S/C15H27N3O2.ClH/c19-15(13-11-16-12-13)18-7-3-14(4-8-18)20-10-9-17-5-1-2-6-17;/h13-14,16H,1-12H2;1H. The lowest BCUT2D eigenvalue weighted by molar-refractivity contribution is -0.139. The van der Waals surface area contributed by atoms with Crippen molar-refractivity contribution in [1.29, 1.82) is 0 Å². The molecule has 3 heterocycles. The molecule has 0 bridgehead atoms. The van der Waals surface area contributed by atoms with E-state index in [0.717, 1.165) is 52.2 Å². The van der Waals surface area contributed by atoms with E-state index < -0.39 is 0 Å². The Balaban J connectivity index is 0.00000161. The fourth-order valence-electron chi connectivity index (χ4n) is 3.32. The van der Waals surface area contributed by atoms with E-state index in [4.69, 9.17) is 4.74 Å². The average molecular weight is 318 g/mol. The van der Waals surface area contributed by atoms with Gasteiger partial charge in [-0.2, -0.15) is 0 Å². The molecule has 3 rings (SSSR count).